The Balaban J connectivity index is 1.81. The van der Waals surface area contributed by atoms with E-state index in [1.165, 1.54) is 18.2 Å². The number of nitrogens with zero attached hydrogens (tertiary/aromatic N) is 1. The van der Waals surface area contributed by atoms with Crippen molar-refractivity contribution in [3.05, 3.63) is 63.9 Å². The topological polar surface area (TPSA) is 59.3 Å². The summed E-state index contributed by atoms with van der Waals surface area (Å²) < 4.78 is 23.6. The zero-order valence-corrected chi connectivity index (χ0v) is 13.0. The molecule has 2 aromatic rings. The largest absolute Gasteiger partial charge is 0.481 e. The summed E-state index contributed by atoms with van der Waals surface area (Å²) in [4.78, 5) is 11.6. The standard InChI is InChI=1S/C16H11BrFNO3/c17-14-7-13(18)5-6-15(14)21-10-16(20)22-9-12-3-1-11(8-19)2-4-12/h1-7H,9-10H2. The molecule has 0 atom stereocenters. The van der Waals surface area contributed by atoms with Crippen molar-refractivity contribution < 1.29 is 18.7 Å². The SMILES string of the molecule is N#Cc1ccc(COC(=O)COc2ccc(F)cc2Br)cc1. The zero-order valence-electron chi connectivity index (χ0n) is 11.4. The first-order chi connectivity index (χ1) is 10.6. The highest BCUT2D eigenvalue weighted by molar-refractivity contribution is 9.10. The fourth-order valence-corrected chi connectivity index (χ4v) is 2.08. The lowest BCUT2D eigenvalue weighted by Crippen LogP contribution is -2.15. The van der Waals surface area contributed by atoms with E-state index in [-0.39, 0.29) is 13.2 Å². The highest BCUT2D eigenvalue weighted by atomic mass is 79.9. The summed E-state index contributed by atoms with van der Waals surface area (Å²) in [5.41, 5.74) is 1.31. The van der Waals surface area contributed by atoms with Crippen LogP contribution < -0.4 is 4.74 Å². The average Bonchev–Trinajstić information content (AvgIpc) is 2.52. The predicted molar refractivity (Wildman–Crippen MR) is 80.5 cm³/mol. The van der Waals surface area contributed by atoms with Gasteiger partial charge in [0, 0.05) is 0 Å². The molecule has 0 unspecified atom stereocenters. The number of carbonyl (C=O) groups is 1. The van der Waals surface area contributed by atoms with Crippen LogP contribution >= 0.6 is 15.9 Å². The van der Waals surface area contributed by atoms with Crippen molar-refractivity contribution in [2.24, 2.45) is 0 Å². The van der Waals surface area contributed by atoms with Crippen LogP contribution in [0.1, 0.15) is 11.1 Å². The Hall–Kier alpha value is -2.39. The lowest BCUT2D eigenvalue weighted by molar-refractivity contribution is -0.147. The zero-order chi connectivity index (χ0) is 15.9. The van der Waals surface area contributed by atoms with Gasteiger partial charge in [0.25, 0.3) is 0 Å². The van der Waals surface area contributed by atoms with Crippen LogP contribution in [0.5, 0.6) is 5.75 Å². The van der Waals surface area contributed by atoms with Crippen molar-refractivity contribution in [1.82, 2.24) is 0 Å². The molecule has 0 aliphatic heterocycles. The number of rotatable bonds is 5. The summed E-state index contributed by atoms with van der Waals surface area (Å²) in [6, 6.07) is 12.6. The second-order valence-corrected chi connectivity index (χ2v) is 5.19. The maximum absolute atomic E-state index is 12.9. The minimum absolute atomic E-state index is 0.0957. The molecule has 6 heteroatoms. The Morgan fingerprint density at radius 3 is 2.59 bits per heavy atom. The van der Waals surface area contributed by atoms with Gasteiger partial charge in [-0.1, -0.05) is 12.1 Å². The van der Waals surface area contributed by atoms with E-state index in [0.29, 0.717) is 15.8 Å². The molecule has 0 N–H and O–H groups in total. The quantitative estimate of drug-likeness (QED) is 0.761. The first-order valence-electron chi connectivity index (χ1n) is 6.31. The Labute approximate surface area is 135 Å². The number of carbonyl (C=O) groups excluding carboxylic acids is 1. The van der Waals surface area contributed by atoms with E-state index in [2.05, 4.69) is 15.9 Å². The summed E-state index contributed by atoms with van der Waals surface area (Å²) >= 11 is 3.14. The Morgan fingerprint density at radius 2 is 1.95 bits per heavy atom. The van der Waals surface area contributed by atoms with E-state index in [0.717, 1.165) is 5.56 Å². The summed E-state index contributed by atoms with van der Waals surface area (Å²) in [7, 11) is 0. The minimum Gasteiger partial charge on any atom is -0.481 e. The van der Waals surface area contributed by atoms with Gasteiger partial charge in [0.15, 0.2) is 6.61 Å². The number of hydrogen-bond acceptors (Lipinski definition) is 4. The highest BCUT2D eigenvalue weighted by Crippen LogP contribution is 2.25. The lowest BCUT2D eigenvalue weighted by Gasteiger charge is -2.08. The van der Waals surface area contributed by atoms with Gasteiger partial charge in [0.1, 0.15) is 18.2 Å². The molecular weight excluding hydrogens is 353 g/mol. The fourth-order valence-electron chi connectivity index (χ4n) is 1.61. The summed E-state index contributed by atoms with van der Waals surface area (Å²) in [6.07, 6.45) is 0. The van der Waals surface area contributed by atoms with Crippen molar-refractivity contribution >= 4 is 21.9 Å². The van der Waals surface area contributed by atoms with E-state index < -0.39 is 11.8 Å². The molecule has 0 radical (unpaired) electrons. The molecule has 0 aliphatic carbocycles. The number of hydrogen-bond donors (Lipinski definition) is 0. The molecule has 0 bridgehead atoms. The van der Waals surface area contributed by atoms with Crippen LogP contribution in [0.15, 0.2) is 46.9 Å². The van der Waals surface area contributed by atoms with Gasteiger partial charge in [-0.2, -0.15) is 5.26 Å². The van der Waals surface area contributed by atoms with E-state index in [1.807, 2.05) is 6.07 Å². The second kappa shape index (κ2) is 7.57. The van der Waals surface area contributed by atoms with E-state index in [4.69, 9.17) is 14.7 Å². The predicted octanol–water partition coefficient (Wildman–Crippen LogP) is 3.58. The lowest BCUT2D eigenvalue weighted by atomic mass is 10.2. The van der Waals surface area contributed by atoms with Gasteiger partial charge in [0.05, 0.1) is 16.1 Å². The summed E-state index contributed by atoms with van der Waals surface area (Å²) in [6.45, 7) is -0.182. The highest BCUT2D eigenvalue weighted by Gasteiger charge is 2.08. The number of halogens is 2. The van der Waals surface area contributed by atoms with Crippen molar-refractivity contribution in [2.75, 3.05) is 6.61 Å². The van der Waals surface area contributed by atoms with Gasteiger partial charge in [-0.25, -0.2) is 9.18 Å². The third-order valence-electron chi connectivity index (χ3n) is 2.72. The van der Waals surface area contributed by atoms with Crippen LogP contribution in [0.25, 0.3) is 0 Å². The molecule has 0 amide bonds. The van der Waals surface area contributed by atoms with Crippen LogP contribution in [-0.2, 0) is 16.1 Å². The third kappa shape index (κ3) is 4.57. The monoisotopic (exact) mass is 363 g/mol. The van der Waals surface area contributed by atoms with Gasteiger partial charge in [0.2, 0.25) is 0 Å². The first kappa shape index (κ1) is 16.0. The van der Waals surface area contributed by atoms with Crippen LogP contribution in [0, 0.1) is 17.1 Å². The van der Waals surface area contributed by atoms with Gasteiger partial charge in [-0.05, 0) is 51.8 Å². The van der Waals surface area contributed by atoms with Crippen LogP contribution in [0.3, 0.4) is 0 Å². The Kier molecular flexibility index (Phi) is 5.50. The molecule has 2 rings (SSSR count). The van der Waals surface area contributed by atoms with E-state index >= 15 is 0 Å². The summed E-state index contributed by atoms with van der Waals surface area (Å²) in [5.74, 6) is -0.583. The number of nitriles is 1. The Bertz CT molecular complexity index is 710. The normalized spacial score (nSPS) is 9.86. The van der Waals surface area contributed by atoms with E-state index in [9.17, 15) is 9.18 Å². The number of esters is 1. The molecule has 0 saturated carbocycles. The maximum Gasteiger partial charge on any atom is 0.344 e. The molecule has 2 aromatic carbocycles. The molecule has 0 fully saturated rings. The van der Waals surface area contributed by atoms with Crippen LogP contribution in [-0.4, -0.2) is 12.6 Å². The molecular formula is C16H11BrFNO3. The molecule has 0 spiro atoms. The van der Waals surface area contributed by atoms with Crippen molar-refractivity contribution in [2.45, 2.75) is 6.61 Å². The molecule has 0 heterocycles. The number of benzene rings is 2. The molecule has 0 aliphatic rings. The molecule has 22 heavy (non-hydrogen) atoms. The van der Waals surface area contributed by atoms with Gasteiger partial charge >= 0.3 is 5.97 Å². The molecule has 4 nitrogen and oxygen atoms in total. The summed E-state index contributed by atoms with van der Waals surface area (Å²) in [5, 5.41) is 8.69. The molecule has 0 saturated heterocycles. The first-order valence-corrected chi connectivity index (χ1v) is 7.10. The van der Waals surface area contributed by atoms with Crippen LogP contribution in [0.4, 0.5) is 4.39 Å². The average molecular weight is 364 g/mol. The van der Waals surface area contributed by atoms with Gasteiger partial charge in [-0.3, -0.25) is 0 Å². The maximum atomic E-state index is 12.9. The van der Waals surface area contributed by atoms with E-state index in [1.54, 1.807) is 24.3 Å². The second-order valence-electron chi connectivity index (χ2n) is 4.33. The fraction of sp³-hybridized carbons (Fsp3) is 0.125. The van der Waals surface area contributed by atoms with Crippen molar-refractivity contribution in [3.8, 4) is 11.8 Å². The van der Waals surface area contributed by atoms with Crippen molar-refractivity contribution in [3.63, 3.8) is 0 Å². The van der Waals surface area contributed by atoms with Crippen LogP contribution in [0.2, 0.25) is 0 Å². The van der Waals surface area contributed by atoms with Crippen molar-refractivity contribution in [1.29, 1.82) is 5.26 Å². The third-order valence-corrected chi connectivity index (χ3v) is 3.34. The molecule has 0 aromatic heterocycles. The minimum atomic E-state index is -0.541. The Morgan fingerprint density at radius 1 is 1.23 bits per heavy atom. The number of ether oxygens (including phenoxy) is 2. The molecule has 112 valence electrons. The van der Waals surface area contributed by atoms with Gasteiger partial charge in [-0.15, -0.1) is 0 Å². The van der Waals surface area contributed by atoms with Gasteiger partial charge < -0.3 is 9.47 Å². The smallest absolute Gasteiger partial charge is 0.344 e.